The molecule has 0 atom stereocenters. The van der Waals surface area contributed by atoms with Crippen molar-refractivity contribution in [3.05, 3.63) is 69.2 Å². The maximum absolute atomic E-state index is 12.3. The molecule has 0 aliphatic heterocycles. The lowest BCUT2D eigenvalue weighted by Gasteiger charge is -2.06. The van der Waals surface area contributed by atoms with Crippen LogP contribution in [-0.2, 0) is 18.0 Å². The van der Waals surface area contributed by atoms with Gasteiger partial charge in [-0.15, -0.1) is 22.7 Å². The van der Waals surface area contributed by atoms with E-state index in [-0.39, 0.29) is 6.61 Å². The summed E-state index contributed by atoms with van der Waals surface area (Å²) in [4.78, 5) is 21.7. The van der Waals surface area contributed by atoms with Crippen LogP contribution in [0, 0.1) is 6.92 Å². The van der Waals surface area contributed by atoms with E-state index in [1.807, 2.05) is 29.8 Å². The second-order valence-electron chi connectivity index (χ2n) is 5.74. The van der Waals surface area contributed by atoms with Gasteiger partial charge in [-0.1, -0.05) is 17.3 Å². The van der Waals surface area contributed by atoms with Crippen LogP contribution in [0.4, 0.5) is 0 Å². The molecule has 3 aromatic heterocycles. The summed E-state index contributed by atoms with van der Waals surface area (Å²) in [5, 5.41) is 8.69. The van der Waals surface area contributed by atoms with Crippen LogP contribution in [0.1, 0.15) is 26.9 Å². The predicted molar refractivity (Wildman–Crippen MR) is 104 cm³/mol. The number of carbonyl (C=O) groups excluding carboxylic acids is 1. The molecule has 0 spiro atoms. The number of aromatic nitrogens is 3. The number of benzene rings is 1. The van der Waals surface area contributed by atoms with Crippen molar-refractivity contribution in [1.82, 2.24) is 15.1 Å². The zero-order chi connectivity index (χ0) is 19.3. The molecular weight excluding hydrogens is 398 g/mol. The Hall–Kier alpha value is -3.04. The molecule has 142 valence electrons. The zero-order valence-electron chi connectivity index (χ0n) is 14.8. The van der Waals surface area contributed by atoms with Gasteiger partial charge in [0.2, 0.25) is 5.82 Å². The predicted octanol–water partition coefficient (Wildman–Crippen LogP) is 4.50. The first-order valence-corrected chi connectivity index (χ1v) is 10.1. The Bertz CT molecular complexity index is 1070. The Morgan fingerprint density at radius 2 is 2.07 bits per heavy atom. The largest absolute Gasteiger partial charge is 0.487 e. The maximum atomic E-state index is 12.3. The van der Waals surface area contributed by atoms with Crippen LogP contribution in [-0.4, -0.2) is 21.1 Å². The van der Waals surface area contributed by atoms with Gasteiger partial charge in [0.05, 0.1) is 21.1 Å². The number of thiazole rings is 1. The van der Waals surface area contributed by atoms with Crippen molar-refractivity contribution in [2.45, 2.75) is 20.1 Å². The molecule has 0 aliphatic carbocycles. The van der Waals surface area contributed by atoms with Crippen molar-refractivity contribution in [2.24, 2.45) is 0 Å². The smallest absolute Gasteiger partial charge is 0.338 e. The normalized spacial score (nSPS) is 10.8. The molecule has 7 nitrogen and oxygen atoms in total. The molecule has 0 saturated heterocycles. The van der Waals surface area contributed by atoms with Crippen molar-refractivity contribution < 1.29 is 18.8 Å². The number of carbonyl (C=O) groups is 1. The Morgan fingerprint density at radius 1 is 1.14 bits per heavy atom. The van der Waals surface area contributed by atoms with Gasteiger partial charge in [0.25, 0.3) is 5.89 Å². The molecule has 28 heavy (non-hydrogen) atoms. The standard InChI is InChI=1S/C19H15N3O4S2/c1-12-20-14(11-28-12)9-24-15-5-2-4-13(8-15)19(23)25-10-17-21-18(26-22-17)16-6-3-7-27-16/h2-8,11H,9-10H2,1H3. The van der Waals surface area contributed by atoms with Gasteiger partial charge in [-0.05, 0) is 36.6 Å². The zero-order valence-corrected chi connectivity index (χ0v) is 16.5. The van der Waals surface area contributed by atoms with Crippen molar-refractivity contribution in [3.63, 3.8) is 0 Å². The summed E-state index contributed by atoms with van der Waals surface area (Å²) >= 11 is 3.06. The third-order valence-electron chi connectivity index (χ3n) is 3.66. The first-order chi connectivity index (χ1) is 13.7. The summed E-state index contributed by atoms with van der Waals surface area (Å²) < 4.78 is 16.2. The lowest BCUT2D eigenvalue weighted by atomic mass is 10.2. The highest BCUT2D eigenvalue weighted by Gasteiger charge is 2.13. The molecule has 0 radical (unpaired) electrons. The van der Waals surface area contributed by atoms with Crippen molar-refractivity contribution in [3.8, 4) is 16.5 Å². The number of hydrogen-bond acceptors (Lipinski definition) is 9. The van der Waals surface area contributed by atoms with E-state index in [9.17, 15) is 4.79 Å². The first kappa shape index (κ1) is 18.3. The Labute approximate surface area is 168 Å². The Kier molecular flexibility index (Phi) is 5.45. The summed E-state index contributed by atoms with van der Waals surface area (Å²) in [5.41, 5.74) is 1.24. The molecule has 9 heteroatoms. The molecule has 0 N–H and O–H groups in total. The first-order valence-electron chi connectivity index (χ1n) is 8.35. The minimum absolute atomic E-state index is 0.0725. The number of aryl methyl sites for hydroxylation is 1. The molecule has 4 aromatic rings. The summed E-state index contributed by atoms with van der Waals surface area (Å²) in [5.74, 6) is 0.800. The molecule has 0 amide bonds. The highest BCUT2D eigenvalue weighted by molar-refractivity contribution is 7.13. The van der Waals surface area contributed by atoms with E-state index in [0.717, 1.165) is 15.6 Å². The topological polar surface area (TPSA) is 87.3 Å². The summed E-state index contributed by atoms with van der Waals surface area (Å²) in [7, 11) is 0. The fourth-order valence-corrected chi connectivity index (χ4v) is 3.61. The Balaban J connectivity index is 1.34. The average Bonchev–Trinajstić information content (AvgIpc) is 3.46. The second-order valence-corrected chi connectivity index (χ2v) is 7.75. The van der Waals surface area contributed by atoms with E-state index >= 15 is 0 Å². The van der Waals surface area contributed by atoms with Gasteiger partial charge in [0.15, 0.2) is 6.61 Å². The van der Waals surface area contributed by atoms with E-state index in [1.165, 1.54) is 11.3 Å². The van der Waals surface area contributed by atoms with Crippen LogP contribution in [0.25, 0.3) is 10.8 Å². The van der Waals surface area contributed by atoms with Crippen LogP contribution in [0.5, 0.6) is 5.75 Å². The van der Waals surface area contributed by atoms with Crippen LogP contribution in [0.2, 0.25) is 0 Å². The van der Waals surface area contributed by atoms with E-state index in [0.29, 0.717) is 29.6 Å². The van der Waals surface area contributed by atoms with E-state index in [2.05, 4.69) is 15.1 Å². The quantitative estimate of drug-likeness (QED) is 0.412. The highest BCUT2D eigenvalue weighted by Crippen LogP contribution is 2.23. The van der Waals surface area contributed by atoms with Gasteiger partial charge in [-0.25, -0.2) is 9.78 Å². The molecule has 0 bridgehead atoms. The summed E-state index contributed by atoms with van der Waals surface area (Å²) in [6.07, 6.45) is 0. The molecule has 0 aliphatic rings. The van der Waals surface area contributed by atoms with Crippen LogP contribution < -0.4 is 4.74 Å². The number of rotatable bonds is 7. The molecule has 4 rings (SSSR count). The van der Waals surface area contributed by atoms with Crippen LogP contribution >= 0.6 is 22.7 Å². The van der Waals surface area contributed by atoms with E-state index in [4.69, 9.17) is 14.0 Å². The van der Waals surface area contributed by atoms with Gasteiger partial charge in [0.1, 0.15) is 12.4 Å². The van der Waals surface area contributed by atoms with Crippen LogP contribution in [0.15, 0.2) is 51.7 Å². The number of esters is 1. The van der Waals surface area contributed by atoms with E-state index < -0.39 is 5.97 Å². The Morgan fingerprint density at radius 3 is 2.86 bits per heavy atom. The SMILES string of the molecule is Cc1nc(COc2cccc(C(=O)OCc3noc(-c4cccs4)n3)c2)cs1. The lowest BCUT2D eigenvalue weighted by Crippen LogP contribution is -2.06. The molecule has 1 aromatic carbocycles. The number of nitrogens with zero attached hydrogens (tertiary/aromatic N) is 3. The van der Waals surface area contributed by atoms with Gasteiger partial charge >= 0.3 is 5.97 Å². The lowest BCUT2D eigenvalue weighted by molar-refractivity contribution is 0.0459. The van der Waals surface area contributed by atoms with Crippen LogP contribution in [0.3, 0.4) is 0 Å². The average molecular weight is 413 g/mol. The summed E-state index contributed by atoms with van der Waals surface area (Å²) in [6.45, 7) is 2.21. The highest BCUT2D eigenvalue weighted by atomic mass is 32.1. The minimum Gasteiger partial charge on any atom is -0.487 e. The fourth-order valence-electron chi connectivity index (χ4n) is 2.37. The van der Waals surface area contributed by atoms with Gasteiger partial charge in [0, 0.05) is 5.38 Å². The number of ether oxygens (including phenoxy) is 2. The molecular formula is C19H15N3O4S2. The third-order valence-corrected chi connectivity index (χ3v) is 5.34. The van der Waals surface area contributed by atoms with Crippen molar-refractivity contribution in [2.75, 3.05) is 0 Å². The van der Waals surface area contributed by atoms with E-state index in [1.54, 1.807) is 35.6 Å². The molecule has 0 saturated carbocycles. The third kappa shape index (κ3) is 4.44. The summed E-state index contributed by atoms with van der Waals surface area (Å²) in [6, 6.07) is 10.6. The van der Waals surface area contributed by atoms with Gasteiger partial charge in [-0.2, -0.15) is 4.98 Å². The minimum atomic E-state index is -0.488. The maximum Gasteiger partial charge on any atom is 0.338 e. The van der Waals surface area contributed by atoms with Gasteiger partial charge in [-0.3, -0.25) is 0 Å². The van der Waals surface area contributed by atoms with Crippen molar-refractivity contribution in [1.29, 1.82) is 0 Å². The molecule has 0 unspecified atom stereocenters. The molecule has 3 heterocycles. The molecule has 0 fully saturated rings. The number of hydrogen-bond donors (Lipinski definition) is 0. The van der Waals surface area contributed by atoms with Gasteiger partial charge < -0.3 is 14.0 Å². The second kappa shape index (κ2) is 8.32. The monoisotopic (exact) mass is 413 g/mol. The number of thiophene rings is 1. The fraction of sp³-hybridized carbons (Fsp3) is 0.158. The van der Waals surface area contributed by atoms with Crippen molar-refractivity contribution >= 4 is 28.6 Å².